The van der Waals surface area contributed by atoms with E-state index in [1.54, 1.807) is 25.7 Å². The lowest BCUT2D eigenvalue weighted by Crippen LogP contribution is -2.67. The molecular weight excluding hydrogens is 180 g/mol. The van der Waals surface area contributed by atoms with Gasteiger partial charge in [0.05, 0.1) is 0 Å². The van der Waals surface area contributed by atoms with Crippen LogP contribution in [0.5, 0.6) is 0 Å². The molecule has 0 aliphatic heterocycles. The van der Waals surface area contributed by atoms with Crippen molar-refractivity contribution in [2.24, 2.45) is 58.7 Å². The first-order chi connectivity index (χ1) is 7.28. The average Bonchev–Trinajstić information content (AvgIpc) is 2.71. The van der Waals surface area contributed by atoms with Crippen molar-refractivity contribution >= 4 is 0 Å². The third-order valence-corrected chi connectivity index (χ3v) is 8.27. The maximum absolute atomic E-state index is 2.67. The van der Waals surface area contributed by atoms with Crippen molar-refractivity contribution in [2.75, 3.05) is 0 Å². The summed E-state index contributed by atoms with van der Waals surface area (Å²) in [5.74, 6) is 11.1. The van der Waals surface area contributed by atoms with E-state index < -0.39 is 0 Å². The molecule has 0 nitrogen and oxygen atoms in total. The Labute approximate surface area is 91.8 Å². The quantitative estimate of drug-likeness (QED) is 0.563. The molecule has 80 valence electrons. The van der Waals surface area contributed by atoms with Gasteiger partial charge in [-0.3, -0.25) is 0 Å². The van der Waals surface area contributed by atoms with E-state index in [-0.39, 0.29) is 0 Å². The van der Waals surface area contributed by atoms with Crippen LogP contribution in [-0.4, -0.2) is 0 Å². The Kier molecular flexibility index (Phi) is 0.847. The number of hydrogen-bond donors (Lipinski definition) is 0. The van der Waals surface area contributed by atoms with E-state index >= 15 is 0 Å². The zero-order valence-corrected chi connectivity index (χ0v) is 9.52. The molecule has 0 heteroatoms. The predicted octanol–water partition coefficient (Wildman–Crippen LogP) is 3.18. The van der Waals surface area contributed by atoms with Crippen molar-refractivity contribution in [3.05, 3.63) is 0 Å². The minimum atomic E-state index is 0.841. The van der Waals surface area contributed by atoms with Gasteiger partial charge in [0, 0.05) is 0 Å². The fourth-order valence-electron chi connectivity index (χ4n) is 8.36. The van der Waals surface area contributed by atoms with E-state index in [1.165, 1.54) is 53.3 Å². The molecule has 0 spiro atoms. The molecule has 6 aliphatic rings. The summed E-state index contributed by atoms with van der Waals surface area (Å²) in [6.07, 6.45) is 6.64. The first kappa shape index (κ1) is 7.35. The molecule has 10 unspecified atom stereocenters. The van der Waals surface area contributed by atoms with E-state index in [4.69, 9.17) is 0 Å². The lowest BCUT2D eigenvalue weighted by molar-refractivity contribution is -0.236. The van der Waals surface area contributed by atoms with Gasteiger partial charge in [0.15, 0.2) is 0 Å². The number of fused-ring (bicyclic) bond motifs is 6. The van der Waals surface area contributed by atoms with Crippen LogP contribution < -0.4 is 0 Å². The standard InChI is InChI=1S/C15H20/c1-15-4-9-6-2-7-8(3-6)12-11(7)13(14(12)15)10(9)5-15/h6-14H,2-5H2,1H3. The smallest absolute Gasteiger partial charge is 0.0286 e. The van der Waals surface area contributed by atoms with Gasteiger partial charge in [-0.2, -0.15) is 0 Å². The zero-order valence-electron chi connectivity index (χ0n) is 9.52. The zero-order chi connectivity index (χ0) is 9.52. The van der Waals surface area contributed by atoms with E-state index in [0.717, 1.165) is 5.41 Å². The third kappa shape index (κ3) is 0.492. The maximum atomic E-state index is 2.67. The van der Waals surface area contributed by atoms with Crippen LogP contribution in [0.2, 0.25) is 0 Å². The minimum Gasteiger partial charge on any atom is -0.0593 e. The van der Waals surface area contributed by atoms with Gasteiger partial charge in [-0.1, -0.05) is 6.92 Å². The largest absolute Gasteiger partial charge is 0.0593 e. The molecule has 0 radical (unpaired) electrons. The summed E-state index contributed by atoms with van der Waals surface area (Å²) in [7, 11) is 0. The summed E-state index contributed by atoms with van der Waals surface area (Å²) in [6, 6.07) is 0. The Morgan fingerprint density at radius 1 is 0.800 bits per heavy atom. The van der Waals surface area contributed by atoms with Gasteiger partial charge in [0.25, 0.3) is 0 Å². The van der Waals surface area contributed by atoms with Crippen LogP contribution >= 0.6 is 0 Å². The predicted molar refractivity (Wildman–Crippen MR) is 58.0 cm³/mol. The summed E-state index contributed by atoms with van der Waals surface area (Å²) in [4.78, 5) is 0. The fourth-order valence-corrected chi connectivity index (χ4v) is 8.36. The molecule has 0 aromatic heterocycles. The lowest BCUT2D eigenvalue weighted by atomic mass is 9.34. The van der Waals surface area contributed by atoms with Crippen molar-refractivity contribution < 1.29 is 0 Å². The van der Waals surface area contributed by atoms with Crippen LogP contribution in [0.1, 0.15) is 32.6 Å². The fraction of sp³-hybridized carbons (Fsp3) is 1.00. The third-order valence-electron chi connectivity index (χ3n) is 8.27. The van der Waals surface area contributed by atoms with Gasteiger partial charge >= 0.3 is 0 Å². The molecule has 0 N–H and O–H groups in total. The minimum absolute atomic E-state index is 0.841. The molecule has 0 amide bonds. The number of rotatable bonds is 0. The van der Waals surface area contributed by atoms with E-state index in [0.29, 0.717) is 0 Å². The molecule has 4 bridgehead atoms. The van der Waals surface area contributed by atoms with E-state index in [9.17, 15) is 0 Å². The van der Waals surface area contributed by atoms with Crippen molar-refractivity contribution in [1.29, 1.82) is 0 Å². The second kappa shape index (κ2) is 1.73. The van der Waals surface area contributed by atoms with Crippen LogP contribution in [0.15, 0.2) is 0 Å². The Hall–Kier alpha value is 0. The van der Waals surface area contributed by atoms with Crippen molar-refractivity contribution in [3.8, 4) is 0 Å². The van der Waals surface area contributed by atoms with Gasteiger partial charge in [-0.15, -0.1) is 0 Å². The molecule has 6 saturated carbocycles. The second-order valence-electron chi connectivity index (χ2n) is 8.21. The van der Waals surface area contributed by atoms with Crippen molar-refractivity contribution in [1.82, 2.24) is 0 Å². The van der Waals surface area contributed by atoms with Gasteiger partial charge in [-0.05, 0) is 84.4 Å². The Bertz CT molecular complexity index is 379. The first-order valence-corrected chi connectivity index (χ1v) is 7.28. The molecule has 6 aliphatic carbocycles. The highest BCUT2D eigenvalue weighted by Gasteiger charge is 2.80. The molecule has 6 rings (SSSR count). The van der Waals surface area contributed by atoms with Crippen LogP contribution in [0.3, 0.4) is 0 Å². The van der Waals surface area contributed by atoms with Gasteiger partial charge in [-0.25, -0.2) is 0 Å². The van der Waals surface area contributed by atoms with Crippen LogP contribution in [0, 0.1) is 58.7 Å². The molecule has 0 heterocycles. The molecule has 0 saturated heterocycles. The Morgan fingerprint density at radius 3 is 2.33 bits per heavy atom. The summed E-state index contributed by atoms with van der Waals surface area (Å²) >= 11 is 0. The molecule has 0 aromatic rings. The molecular formula is C15H20. The van der Waals surface area contributed by atoms with Crippen molar-refractivity contribution in [2.45, 2.75) is 32.6 Å². The van der Waals surface area contributed by atoms with Gasteiger partial charge < -0.3 is 0 Å². The van der Waals surface area contributed by atoms with Crippen molar-refractivity contribution in [3.63, 3.8) is 0 Å². The van der Waals surface area contributed by atoms with Crippen LogP contribution in [-0.2, 0) is 0 Å². The molecule has 0 aromatic carbocycles. The average molecular weight is 200 g/mol. The number of hydrogen-bond acceptors (Lipinski definition) is 0. The summed E-state index contributed by atoms with van der Waals surface area (Å²) in [6.45, 7) is 2.67. The monoisotopic (exact) mass is 200 g/mol. The van der Waals surface area contributed by atoms with Crippen LogP contribution in [0.4, 0.5) is 0 Å². The summed E-state index contributed by atoms with van der Waals surface area (Å²) < 4.78 is 0. The van der Waals surface area contributed by atoms with Crippen LogP contribution in [0.25, 0.3) is 0 Å². The highest BCUT2D eigenvalue weighted by atomic mass is 14.8. The van der Waals surface area contributed by atoms with E-state index in [2.05, 4.69) is 6.92 Å². The maximum Gasteiger partial charge on any atom is -0.0286 e. The van der Waals surface area contributed by atoms with E-state index in [1.807, 2.05) is 0 Å². The SMILES string of the molecule is CC12CC3C4CC5C(C4)C4C5C(C3C1)C42. The first-order valence-electron chi connectivity index (χ1n) is 7.28. The summed E-state index contributed by atoms with van der Waals surface area (Å²) in [5, 5.41) is 0. The Balaban J connectivity index is 1.66. The molecule has 15 heavy (non-hydrogen) atoms. The second-order valence-corrected chi connectivity index (χ2v) is 8.21. The lowest BCUT2D eigenvalue weighted by Gasteiger charge is -2.71. The highest BCUT2D eigenvalue weighted by Crippen LogP contribution is 2.86. The normalized spacial score (nSPS) is 84.2. The summed E-state index contributed by atoms with van der Waals surface area (Å²) in [5.41, 5.74) is 0.841. The van der Waals surface area contributed by atoms with Gasteiger partial charge in [0.1, 0.15) is 0 Å². The molecule has 6 fully saturated rings. The topological polar surface area (TPSA) is 0 Å². The van der Waals surface area contributed by atoms with Gasteiger partial charge in [0.2, 0.25) is 0 Å². The Morgan fingerprint density at radius 2 is 1.47 bits per heavy atom. The molecule has 10 atom stereocenters. The highest BCUT2D eigenvalue weighted by molar-refractivity contribution is 5.28.